The fourth-order valence-corrected chi connectivity index (χ4v) is 3.04. The van der Waals surface area contributed by atoms with Gasteiger partial charge in [0.1, 0.15) is 5.82 Å². The molecule has 0 atom stereocenters. The summed E-state index contributed by atoms with van der Waals surface area (Å²) in [6.45, 7) is 2.91. The van der Waals surface area contributed by atoms with E-state index in [1.54, 1.807) is 12.1 Å². The Hall–Kier alpha value is -0.930. The molecule has 0 aromatic heterocycles. The maximum Gasteiger partial charge on any atom is 0.123 e. The smallest absolute Gasteiger partial charge is 0.123 e. The maximum absolute atomic E-state index is 13.1. The van der Waals surface area contributed by atoms with Crippen molar-refractivity contribution in [2.75, 3.05) is 14.1 Å². The molecule has 0 aliphatic heterocycles. The van der Waals surface area contributed by atoms with Crippen molar-refractivity contribution in [1.82, 2.24) is 10.2 Å². The van der Waals surface area contributed by atoms with Gasteiger partial charge in [-0.3, -0.25) is 4.90 Å². The lowest BCUT2D eigenvalue weighted by Gasteiger charge is -2.34. The first-order valence-corrected chi connectivity index (χ1v) is 7.22. The fraction of sp³-hybridized carbons (Fsp3) is 0.625. The maximum atomic E-state index is 13.1. The summed E-state index contributed by atoms with van der Waals surface area (Å²) in [7, 11) is 4.24. The highest BCUT2D eigenvalue weighted by Crippen LogP contribution is 2.24. The zero-order valence-electron chi connectivity index (χ0n) is 12.2. The van der Waals surface area contributed by atoms with Gasteiger partial charge in [-0.2, -0.15) is 0 Å². The number of nitrogens with one attached hydrogen (secondary N) is 1. The average molecular weight is 264 g/mol. The Morgan fingerprint density at radius 2 is 1.95 bits per heavy atom. The third-order valence-electron chi connectivity index (χ3n) is 4.45. The van der Waals surface area contributed by atoms with Crippen molar-refractivity contribution >= 4 is 0 Å². The Morgan fingerprint density at radius 3 is 2.53 bits per heavy atom. The zero-order valence-corrected chi connectivity index (χ0v) is 12.2. The molecule has 0 heterocycles. The lowest BCUT2D eigenvalue weighted by molar-refractivity contribution is 0.169. The molecule has 3 heteroatoms. The van der Waals surface area contributed by atoms with Crippen LogP contribution in [0.1, 0.15) is 36.8 Å². The summed E-state index contributed by atoms with van der Waals surface area (Å²) in [5.74, 6) is -0.140. The Kier molecular flexibility index (Phi) is 4.94. The Balaban J connectivity index is 1.92. The molecule has 19 heavy (non-hydrogen) atoms. The number of benzene rings is 1. The SMILES string of the molecule is CNC1CCC(N(C)Cc2ccc(F)cc2C)CC1. The van der Waals surface area contributed by atoms with E-state index in [0.29, 0.717) is 12.1 Å². The highest BCUT2D eigenvalue weighted by atomic mass is 19.1. The van der Waals surface area contributed by atoms with Gasteiger partial charge in [0.05, 0.1) is 0 Å². The predicted octanol–water partition coefficient (Wildman–Crippen LogP) is 3.10. The van der Waals surface area contributed by atoms with Crippen LogP contribution in [-0.2, 0) is 6.54 Å². The van der Waals surface area contributed by atoms with Crippen molar-refractivity contribution in [2.45, 2.75) is 51.2 Å². The molecule has 0 bridgehead atoms. The van der Waals surface area contributed by atoms with E-state index >= 15 is 0 Å². The highest BCUT2D eigenvalue weighted by Gasteiger charge is 2.23. The van der Waals surface area contributed by atoms with Gasteiger partial charge in [-0.25, -0.2) is 4.39 Å². The summed E-state index contributed by atoms with van der Waals surface area (Å²) >= 11 is 0. The van der Waals surface area contributed by atoms with Gasteiger partial charge >= 0.3 is 0 Å². The van der Waals surface area contributed by atoms with E-state index in [1.807, 2.05) is 13.0 Å². The summed E-state index contributed by atoms with van der Waals surface area (Å²) in [5.41, 5.74) is 2.29. The van der Waals surface area contributed by atoms with E-state index in [4.69, 9.17) is 0 Å². The van der Waals surface area contributed by atoms with Gasteiger partial charge in [-0.05, 0) is 70.0 Å². The first-order chi connectivity index (χ1) is 9.10. The van der Waals surface area contributed by atoms with E-state index in [9.17, 15) is 4.39 Å². The summed E-state index contributed by atoms with van der Waals surface area (Å²) in [6, 6.07) is 6.46. The first kappa shape index (κ1) is 14.5. The number of hydrogen-bond acceptors (Lipinski definition) is 2. The minimum atomic E-state index is -0.140. The van der Waals surface area contributed by atoms with Crippen LogP contribution in [0.4, 0.5) is 4.39 Å². The lowest BCUT2D eigenvalue weighted by Crippen LogP contribution is -2.39. The molecule has 2 nitrogen and oxygen atoms in total. The van der Waals surface area contributed by atoms with Crippen LogP contribution in [0.15, 0.2) is 18.2 Å². The minimum Gasteiger partial charge on any atom is -0.317 e. The summed E-state index contributed by atoms with van der Waals surface area (Å²) in [4.78, 5) is 2.42. The normalized spacial score (nSPS) is 23.8. The van der Waals surface area contributed by atoms with Crippen molar-refractivity contribution in [2.24, 2.45) is 0 Å². The van der Waals surface area contributed by atoms with Crippen molar-refractivity contribution in [3.8, 4) is 0 Å². The second-order valence-corrected chi connectivity index (χ2v) is 5.78. The van der Waals surface area contributed by atoms with Crippen molar-refractivity contribution in [1.29, 1.82) is 0 Å². The summed E-state index contributed by atoms with van der Waals surface area (Å²) in [5, 5.41) is 3.37. The quantitative estimate of drug-likeness (QED) is 0.899. The number of halogens is 1. The third-order valence-corrected chi connectivity index (χ3v) is 4.45. The molecule has 1 aliphatic rings. The molecule has 1 aromatic carbocycles. The van der Waals surface area contributed by atoms with Gasteiger partial charge < -0.3 is 5.32 Å². The molecule has 0 saturated heterocycles. The van der Waals surface area contributed by atoms with Gasteiger partial charge in [-0.15, -0.1) is 0 Å². The molecule has 0 unspecified atom stereocenters. The van der Waals surface area contributed by atoms with Crippen LogP contribution in [-0.4, -0.2) is 31.1 Å². The summed E-state index contributed by atoms with van der Waals surface area (Å²) < 4.78 is 13.1. The molecule has 0 amide bonds. The predicted molar refractivity (Wildman–Crippen MR) is 77.7 cm³/mol. The van der Waals surface area contributed by atoms with Gasteiger partial charge in [-0.1, -0.05) is 6.07 Å². The van der Waals surface area contributed by atoms with Crippen LogP contribution in [0.3, 0.4) is 0 Å². The monoisotopic (exact) mass is 264 g/mol. The van der Waals surface area contributed by atoms with Gasteiger partial charge in [0.25, 0.3) is 0 Å². The lowest BCUT2D eigenvalue weighted by atomic mass is 9.90. The van der Waals surface area contributed by atoms with E-state index in [0.717, 1.165) is 12.1 Å². The number of rotatable bonds is 4. The Morgan fingerprint density at radius 1 is 1.26 bits per heavy atom. The van der Waals surface area contributed by atoms with Crippen LogP contribution in [0.2, 0.25) is 0 Å². The third kappa shape index (κ3) is 3.77. The second kappa shape index (κ2) is 6.49. The highest BCUT2D eigenvalue weighted by molar-refractivity contribution is 5.26. The Bertz CT molecular complexity index is 411. The first-order valence-electron chi connectivity index (χ1n) is 7.22. The van der Waals surface area contributed by atoms with E-state index in [1.165, 1.54) is 31.2 Å². The van der Waals surface area contributed by atoms with Crippen LogP contribution < -0.4 is 5.32 Å². The second-order valence-electron chi connectivity index (χ2n) is 5.78. The molecule has 1 aliphatic carbocycles. The standard InChI is InChI=1S/C16H25FN2/c1-12-10-14(17)5-4-13(12)11-19(3)16-8-6-15(18-2)7-9-16/h4-5,10,15-16,18H,6-9,11H2,1-3H3. The molecule has 2 rings (SSSR count). The average Bonchev–Trinajstić information content (AvgIpc) is 2.42. The van der Waals surface area contributed by atoms with Crippen LogP contribution in [0, 0.1) is 12.7 Å². The molecular weight excluding hydrogens is 239 g/mol. The largest absolute Gasteiger partial charge is 0.317 e. The molecule has 1 saturated carbocycles. The van der Waals surface area contributed by atoms with E-state index < -0.39 is 0 Å². The molecule has 106 valence electrons. The van der Waals surface area contributed by atoms with Crippen LogP contribution in [0.25, 0.3) is 0 Å². The van der Waals surface area contributed by atoms with Crippen molar-refractivity contribution < 1.29 is 4.39 Å². The van der Waals surface area contributed by atoms with Gasteiger partial charge in [0.2, 0.25) is 0 Å². The number of nitrogens with zero attached hydrogens (tertiary/aromatic N) is 1. The van der Waals surface area contributed by atoms with Crippen molar-refractivity contribution in [3.05, 3.63) is 35.1 Å². The number of hydrogen-bond donors (Lipinski definition) is 1. The molecular formula is C16H25FN2. The minimum absolute atomic E-state index is 0.140. The molecule has 1 fully saturated rings. The molecule has 0 radical (unpaired) electrons. The zero-order chi connectivity index (χ0) is 13.8. The van der Waals surface area contributed by atoms with Gasteiger partial charge in [0, 0.05) is 18.6 Å². The molecule has 0 spiro atoms. The Labute approximate surface area is 116 Å². The fourth-order valence-electron chi connectivity index (χ4n) is 3.04. The molecule has 1 N–H and O–H groups in total. The van der Waals surface area contributed by atoms with Crippen LogP contribution >= 0.6 is 0 Å². The van der Waals surface area contributed by atoms with Gasteiger partial charge in [0.15, 0.2) is 0 Å². The van der Waals surface area contributed by atoms with E-state index in [-0.39, 0.29) is 5.82 Å². The summed E-state index contributed by atoms with van der Waals surface area (Å²) in [6.07, 6.45) is 5.02. The van der Waals surface area contributed by atoms with Crippen molar-refractivity contribution in [3.63, 3.8) is 0 Å². The van der Waals surface area contributed by atoms with Crippen LogP contribution in [0.5, 0.6) is 0 Å². The molecule has 1 aromatic rings. The topological polar surface area (TPSA) is 15.3 Å². The van der Waals surface area contributed by atoms with E-state index in [2.05, 4.69) is 24.3 Å². The number of aryl methyl sites for hydroxylation is 1.